The van der Waals surface area contributed by atoms with E-state index in [4.69, 9.17) is 14.9 Å². The van der Waals surface area contributed by atoms with Crippen molar-refractivity contribution in [3.05, 3.63) is 82.9 Å². The number of fused-ring (bicyclic) bond motifs is 1. The van der Waals surface area contributed by atoms with Crippen LogP contribution in [-0.2, 0) is 22.9 Å². The third-order valence-corrected chi connectivity index (χ3v) is 7.17. The average Bonchev–Trinajstić information content (AvgIpc) is 3.32. The zero-order chi connectivity index (χ0) is 23.6. The number of hydrogen-bond acceptors (Lipinski definition) is 6. The van der Waals surface area contributed by atoms with E-state index in [0.717, 1.165) is 11.1 Å². The highest BCUT2D eigenvalue weighted by Gasteiger charge is 2.23. The molecule has 7 nitrogen and oxygen atoms in total. The molecule has 168 valence electrons. The number of rotatable bonds is 7. The van der Waals surface area contributed by atoms with Crippen molar-refractivity contribution < 1.29 is 22.7 Å². The summed E-state index contributed by atoms with van der Waals surface area (Å²) < 4.78 is 37.6. The summed E-state index contributed by atoms with van der Waals surface area (Å²) in [4.78, 5) is 15.6. The monoisotopic (exact) mass is 462 g/mol. The number of amidine groups is 1. The van der Waals surface area contributed by atoms with Gasteiger partial charge < -0.3 is 9.47 Å². The third-order valence-electron chi connectivity index (χ3n) is 5.40. The van der Waals surface area contributed by atoms with E-state index in [1.807, 2.05) is 0 Å². The summed E-state index contributed by atoms with van der Waals surface area (Å²) in [6, 6.07) is 16.0. The summed E-state index contributed by atoms with van der Waals surface area (Å²) in [5.74, 6) is 1.09. The Balaban J connectivity index is 1.52. The van der Waals surface area contributed by atoms with E-state index in [9.17, 15) is 13.2 Å². The van der Waals surface area contributed by atoms with Gasteiger partial charge in [-0.15, -0.1) is 0 Å². The highest BCUT2D eigenvalue weighted by Crippen LogP contribution is 2.37. The summed E-state index contributed by atoms with van der Waals surface area (Å²) in [6.45, 7) is 5.56. The number of aliphatic imine (C=N–C) groups is 1. The lowest BCUT2D eigenvalue weighted by atomic mass is 10.0. The highest BCUT2D eigenvalue weighted by atomic mass is 32.2. The molecule has 3 aromatic carbocycles. The Morgan fingerprint density at radius 2 is 1.88 bits per heavy atom. The first-order valence-corrected chi connectivity index (χ1v) is 11.7. The van der Waals surface area contributed by atoms with Crippen molar-refractivity contribution in [3.63, 3.8) is 0 Å². The summed E-state index contributed by atoms with van der Waals surface area (Å²) >= 11 is 0. The molecule has 0 unspecified atom stereocenters. The van der Waals surface area contributed by atoms with Gasteiger partial charge in [-0.05, 0) is 55.6 Å². The van der Waals surface area contributed by atoms with Crippen LogP contribution in [0.25, 0.3) is 0 Å². The number of ether oxygens (including phenoxy) is 2. The van der Waals surface area contributed by atoms with Crippen LogP contribution in [0.15, 0.2) is 75.4 Å². The first kappa shape index (κ1) is 22.4. The number of Topliss-reactive ketones (excluding diaryl/α,β-unsaturated/α-hetero) is 1. The largest absolute Gasteiger partial charge is 0.492 e. The lowest BCUT2D eigenvalue weighted by Gasteiger charge is -2.12. The second kappa shape index (κ2) is 8.99. The van der Waals surface area contributed by atoms with Crippen LogP contribution in [0.3, 0.4) is 0 Å². The number of benzene rings is 3. The Hall–Kier alpha value is -3.78. The Morgan fingerprint density at radius 1 is 1.12 bits per heavy atom. The van der Waals surface area contributed by atoms with Gasteiger partial charge in [0.1, 0.15) is 18.1 Å². The number of carbonyl (C=O) groups excluding carboxylic acids is 1. The van der Waals surface area contributed by atoms with Crippen molar-refractivity contribution in [3.8, 4) is 11.5 Å². The maximum Gasteiger partial charge on any atom is 0.206 e. The molecule has 0 atom stereocenters. The molecule has 0 spiro atoms. The number of nitrogens with one attached hydrogen (secondary N) is 1. The molecule has 1 aliphatic heterocycles. The summed E-state index contributed by atoms with van der Waals surface area (Å²) in [6.07, 6.45) is 0.668. The standard InChI is InChI=1S/C25H22N2O5S/c1-16(28)21-10-11-23(22-12-13-31-24(21)22)32-15-17-6-8-19(9-7-17)33(29,30)20-5-3-4-18(14-20)25(26)27-2/h3-11,14,26H,2,12-13,15H2,1H3. The van der Waals surface area contributed by atoms with E-state index in [1.165, 1.54) is 31.2 Å². The van der Waals surface area contributed by atoms with Gasteiger partial charge in [0.25, 0.3) is 0 Å². The van der Waals surface area contributed by atoms with E-state index in [-0.39, 0.29) is 28.0 Å². The van der Waals surface area contributed by atoms with Crippen molar-refractivity contribution in [1.29, 1.82) is 5.41 Å². The Labute approximate surface area is 192 Å². The second-order valence-corrected chi connectivity index (χ2v) is 9.49. The van der Waals surface area contributed by atoms with Gasteiger partial charge in [-0.1, -0.05) is 24.3 Å². The van der Waals surface area contributed by atoms with Crippen LogP contribution in [0.4, 0.5) is 0 Å². The lowest BCUT2D eigenvalue weighted by Crippen LogP contribution is -2.05. The normalized spacial score (nSPS) is 12.5. The molecule has 0 radical (unpaired) electrons. The molecule has 1 N–H and O–H groups in total. The molecular weight excluding hydrogens is 440 g/mol. The molecule has 3 aromatic rings. The molecule has 0 saturated heterocycles. The predicted octanol–water partition coefficient (Wildman–Crippen LogP) is 4.26. The summed E-state index contributed by atoms with van der Waals surface area (Å²) in [7, 11) is -3.76. The van der Waals surface area contributed by atoms with E-state index < -0.39 is 9.84 Å². The number of carbonyl (C=O) groups is 1. The summed E-state index contributed by atoms with van der Waals surface area (Å²) in [5.41, 5.74) is 2.60. The SMILES string of the molecule is C=NC(=N)c1cccc(S(=O)(=O)c2ccc(COc3ccc(C(C)=O)c4c3CCO4)cc2)c1. The minimum atomic E-state index is -3.76. The van der Waals surface area contributed by atoms with Gasteiger partial charge in [-0.2, -0.15) is 0 Å². The predicted molar refractivity (Wildman–Crippen MR) is 125 cm³/mol. The van der Waals surface area contributed by atoms with Gasteiger partial charge >= 0.3 is 0 Å². The molecule has 0 fully saturated rings. The molecule has 4 rings (SSSR count). The Bertz CT molecular complexity index is 1360. The zero-order valence-corrected chi connectivity index (χ0v) is 18.8. The van der Waals surface area contributed by atoms with Crippen LogP contribution < -0.4 is 9.47 Å². The van der Waals surface area contributed by atoms with E-state index in [0.29, 0.717) is 35.7 Å². The van der Waals surface area contributed by atoms with Gasteiger partial charge in [0, 0.05) is 17.5 Å². The smallest absolute Gasteiger partial charge is 0.206 e. The highest BCUT2D eigenvalue weighted by molar-refractivity contribution is 7.91. The zero-order valence-electron chi connectivity index (χ0n) is 18.0. The van der Waals surface area contributed by atoms with Crippen molar-refractivity contribution in [1.82, 2.24) is 0 Å². The van der Waals surface area contributed by atoms with Crippen molar-refractivity contribution in [2.24, 2.45) is 4.99 Å². The van der Waals surface area contributed by atoms with Crippen LogP contribution in [0.2, 0.25) is 0 Å². The number of sulfone groups is 1. The average molecular weight is 463 g/mol. The van der Waals surface area contributed by atoms with E-state index >= 15 is 0 Å². The van der Waals surface area contributed by atoms with Gasteiger partial charge in [0.15, 0.2) is 11.6 Å². The van der Waals surface area contributed by atoms with Gasteiger partial charge in [-0.3, -0.25) is 10.2 Å². The molecule has 1 aliphatic rings. The Kier molecular flexibility index (Phi) is 6.11. The molecule has 0 amide bonds. The molecule has 0 saturated carbocycles. The van der Waals surface area contributed by atoms with Crippen LogP contribution in [0.1, 0.15) is 34.0 Å². The van der Waals surface area contributed by atoms with Crippen LogP contribution in [-0.4, -0.2) is 33.4 Å². The quantitative estimate of drug-likeness (QED) is 0.321. The number of hydrogen-bond donors (Lipinski definition) is 1. The van der Waals surface area contributed by atoms with Crippen molar-refractivity contribution >= 4 is 28.2 Å². The van der Waals surface area contributed by atoms with E-state index in [1.54, 1.807) is 36.4 Å². The van der Waals surface area contributed by atoms with Gasteiger partial charge in [0.2, 0.25) is 9.84 Å². The second-order valence-electron chi connectivity index (χ2n) is 7.54. The fraction of sp³-hybridized carbons (Fsp3) is 0.160. The van der Waals surface area contributed by atoms with Gasteiger partial charge in [-0.25, -0.2) is 13.4 Å². The fourth-order valence-corrected chi connectivity index (χ4v) is 4.95. The molecule has 33 heavy (non-hydrogen) atoms. The molecule has 1 heterocycles. The maximum absolute atomic E-state index is 13.0. The molecule has 0 aromatic heterocycles. The lowest BCUT2D eigenvalue weighted by molar-refractivity contribution is 0.101. The molecular formula is C25H22N2O5S. The first-order chi connectivity index (χ1) is 15.8. The molecule has 0 bridgehead atoms. The Morgan fingerprint density at radius 3 is 2.58 bits per heavy atom. The first-order valence-electron chi connectivity index (χ1n) is 10.2. The van der Waals surface area contributed by atoms with Crippen molar-refractivity contribution in [2.75, 3.05) is 6.61 Å². The van der Waals surface area contributed by atoms with Crippen LogP contribution in [0, 0.1) is 5.41 Å². The number of ketones is 1. The van der Waals surface area contributed by atoms with Crippen LogP contribution >= 0.6 is 0 Å². The molecule has 8 heteroatoms. The maximum atomic E-state index is 13.0. The minimum Gasteiger partial charge on any atom is -0.492 e. The van der Waals surface area contributed by atoms with Crippen molar-refractivity contribution in [2.45, 2.75) is 29.7 Å². The number of nitrogens with zero attached hydrogens (tertiary/aromatic N) is 1. The fourth-order valence-electron chi connectivity index (χ4n) is 3.64. The topological polar surface area (TPSA) is 106 Å². The molecule has 0 aliphatic carbocycles. The van der Waals surface area contributed by atoms with Crippen LogP contribution in [0.5, 0.6) is 11.5 Å². The minimum absolute atomic E-state index is 0.0559. The van der Waals surface area contributed by atoms with E-state index in [2.05, 4.69) is 11.7 Å². The third kappa shape index (κ3) is 4.42. The van der Waals surface area contributed by atoms with Gasteiger partial charge in [0.05, 0.1) is 22.0 Å². The summed E-state index contributed by atoms with van der Waals surface area (Å²) in [5, 5.41) is 7.75.